The van der Waals surface area contributed by atoms with Crippen LogP contribution in [0.25, 0.3) is 0 Å². The zero-order valence-corrected chi connectivity index (χ0v) is 10.0. The molecule has 1 aromatic carbocycles. The maximum Gasteiger partial charge on any atom is 0.324 e. The van der Waals surface area contributed by atoms with Gasteiger partial charge in [0.05, 0.1) is 4.90 Å². The average Bonchev–Trinajstić information content (AvgIpc) is 2.59. The van der Waals surface area contributed by atoms with Crippen molar-refractivity contribution < 1.29 is 17.8 Å². The van der Waals surface area contributed by atoms with Crippen LogP contribution in [0.4, 0.5) is 10.5 Å². The van der Waals surface area contributed by atoms with Gasteiger partial charge in [-0.3, -0.25) is 9.45 Å². The summed E-state index contributed by atoms with van der Waals surface area (Å²) in [6, 6.07) is 5.43. The zero-order valence-electron chi connectivity index (χ0n) is 9.20. The average molecular weight is 256 g/mol. The van der Waals surface area contributed by atoms with Gasteiger partial charge in [0, 0.05) is 25.8 Å². The lowest BCUT2D eigenvalue weighted by molar-refractivity contribution is 0.229. The minimum absolute atomic E-state index is 0.121. The second-order valence-electron chi connectivity index (χ2n) is 3.82. The van der Waals surface area contributed by atoms with Crippen LogP contribution in [0, 0.1) is 0 Å². The molecule has 6 nitrogen and oxygen atoms in total. The second-order valence-corrected chi connectivity index (χ2v) is 5.25. The first-order chi connectivity index (χ1) is 7.89. The Kier molecular flexibility index (Phi) is 2.80. The van der Waals surface area contributed by atoms with E-state index in [1.807, 2.05) is 0 Å². The maximum absolute atomic E-state index is 11.7. The van der Waals surface area contributed by atoms with E-state index in [1.54, 1.807) is 16.8 Å². The molecule has 0 radical (unpaired) electrons. The maximum atomic E-state index is 11.7. The van der Waals surface area contributed by atoms with Crippen LogP contribution < -0.4 is 4.90 Å². The number of benzene rings is 1. The van der Waals surface area contributed by atoms with Crippen molar-refractivity contribution in [2.45, 2.75) is 4.90 Å². The van der Waals surface area contributed by atoms with Crippen molar-refractivity contribution in [2.75, 3.05) is 25.0 Å². The molecule has 1 fully saturated rings. The lowest BCUT2D eigenvalue weighted by atomic mass is 10.3. The van der Waals surface area contributed by atoms with Gasteiger partial charge in [0.15, 0.2) is 0 Å². The van der Waals surface area contributed by atoms with E-state index in [-0.39, 0.29) is 10.9 Å². The van der Waals surface area contributed by atoms with Gasteiger partial charge in [0.1, 0.15) is 0 Å². The van der Waals surface area contributed by atoms with Crippen LogP contribution in [0.1, 0.15) is 0 Å². The van der Waals surface area contributed by atoms with Gasteiger partial charge in [-0.2, -0.15) is 8.42 Å². The summed E-state index contributed by atoms with van der Waals surface area (Å²) < 4.78 is 30.5. The molecule has 92 valence electrons. The number of rotatable bonds is 2. The molecule has 0 spiro atoms. The molecule has 0 saturated carbocycles. The van der Waals surface area contributed by atoms with E-state index in [1.165, 1.54) is 24.3 Å². The van der Waals surface area contributed by atoms with Crippen LogP contribution in [-0.4, -0.2) is 44.0 Å². The molecule has 2 amide bonds. The Morgan fingerprint density at radius 2 is 1.76 bits per heavy atom. The van der Waals surface area contributed by atoms with E-state index >= 15 is 0 Å². The van der Waals surface area contributed by atoms with Gasteiger partial charge in [-0.25, -0.2) is 4.79 Å². The number of likely N-dealkylation sites (N-methyl/N-ethyl adjacent to an activating group) is 1. The zero-order chi connectivity index (χ0) is 12.6. The van der Waals surface area contributed by atoms with Crippen molar-refractivity contribution in [3.05, 3.63) is 24.3 Å². The van der Waals surface area contributed by atoms with Crippen molar-refractivity contribution in [1.82, 2.24) is 4.90 Å². The largest absolute Gasteiger partial charge is 0.326 e. The van der Waals surface area contributed by atoms with Gasteiger partial charge in [0.25, 0.3) is 10.1 Å². The van der Waals surface area contributed by atoms with Crippen LogP contribution in [0.15, 0.2) is 29.2 Å². The SMILES string of the molecule is CN1CCN(c2ccc(S(=O)(=O)O)cc2)C1=O. The number of nitrogens with zero attached hydrogens (tertiary/aromatic N) is 2. The van der Waals surface area contributed by atoms with Gasteiger partial charge in [-0.1, -0.05) is 0 Å². The number of carbonyl (C=O) groups is 1. The van der Waals surface area contributed by atoms with E-state index in [9.17, 15) is 13.2 Å². The highest BCUT2D eigenvalue weighted by atomic mass is 32.2. The van der Waals surface area contributed by atoms with Crippen molar-refractivity contribution in [3.63, 3.8) is 0 Å². The Morgan fingerprint density at radius 3 is 2.18 bits per heavy atom. The third kappa shape index (κ3) is 2.25. The predicted octanol–water partition coefficient (Wildman–Crippen LogP) is 0.805. The Labute approximate surface area is 99.2 Å². The van der Waals surface area contributed by atoms with E-state index in [0.29, 0.717) is 18.8 Å². The Bertz CT molecular complexity index is 538. The Hall–Kier alpha value is -1.60. The normalized spacial score (nSPS) is 16.7. The van der Waals surface area contributed by atoms with Crippen LogP contribution in [0.5, 0.6) is 0 Å². The Balaban J connectivity index is 2.28. The van der Waals surface area contributed by atoms with Gasteiger partial charge in [-0.15, -0.1) is 0 Å². The summed E-state index contributed by atoms with van der Waals surface area (Å²) in [6.07, 6.45) is 0. The third-order valence-electron chi connectivity index (χ3n) is 2.66. The molecule has 1 aromatic rings. The smallest absolute Gasteiger partial charge is 0.324 e. The minimum atomic E-state index is -4.18. The summed E-state index contributed by atoms with van der Waals surface area (Å²) in [5, 5.41) is 0. The van der Waals surface area contributed by atoms with Gasteiger partial charge < -0.3 is 4.90 Å². The topological polar surface area (TPSA) is 77.9 Å². The molecular formula is C10H12N2O4S. The molecule has 0 atom stereocenters. The second kappa shape index (κ2) is 4.01. The first-order valence-electron chi connectivity index (χ1n) is 5.00. The van der Waals surface area contributed by atoms with E-state index in [0.717, 1.165) is 0 Å². The first kappa shape index (κ1) is 11.9. The minimum Gasteiger partial charge on any atom is -0.326 e. The van der Waals surface area contributed by atoms with Crippen molar-refractivity contribution in [3.8, 4) is 0 Å². The standard InChI is InChI=1S/C10H12N2O4S/c1-11-6-7-12(10(11)13)8-2-4-9(5-3-8)17(14,15)16/h2-5H,6-7H2,1H3,(H,14,15,16). The molecule has 7 heteroatoms. The predicted molar refractivity (Wildman–Crippen MR) is 61.6 cm³/mol. The summed E-state index contributed by atoms with van der Waals surface area (Å²) in [5.74, 6) is 0. The summed E-state index contributed by atoms with van der Waals surface area (Å²) >= 11 is 0. The fraction of sp³-hybridized carbons (Fsp3) is 0.300. The molecule has 2 rings (SSSR count). The molecule has 17 heavy (non-hydrogen) atoms. The Morgan fingerprint density at radius 1 is 1.18 bits per heavy atom. The number of hydrogen-bond acceptors (Lipinski definition) is 3. The highest BCUT2D eigenvalue weighted by Gasteiger charge is 2.26. The fourth-order valence-electron chi connectivity index (χ4n) is 1.68. The molecule has 1 N–H and O–H groups in total. The molecule has 0 bridgehead atoms. The quantitative estimate of drug-likeness (QED) is 0.794. The molecule has 1 heterocycles. The summed E-state index contributed by atoms with van der Waals surface area (Å²) in [4.78, 5) is 14.6. The number of anilines is 1. The highest BCUT2D eigenvalue weighted by molar-refractivity contribution is 7.85. The van der Waals surface area contributed by atoms with Crippen molar-refractivity contribution in [1.29, 1.82) is 0 Å². The van der Waals surface area contributed by atoms with Gasteiger partial charge >= 0.3 is 6.03 Å². The van der Waals surface area contributed by atoms with Crippen LogP contribution in [0.3, 0.4) is 0 Å². The lowest BCUT2D eigenvalue weighted by Gasteiger charge is -2.15. The monoisotopic (exact) mass is 256 g/mol. The number of carbonyl (C=O) groups excluding carboxylic acids is 1. The molecule has 1 aliphatic rings. The molecule has 0 aliphatic carbocycles. The molecule has 1 saturated heterocycles. The van der Waals surface area contributed by atoms with E-state index < -0.39 is 10.1 Å². The summed E-state index contributed by atoms with van der Waals surface area (Å²) in [5.41, 5.74) is 0.617. The molecule has 0 aromatic heterocycles. The number of urea groups is 1. The highest BCUT2D eigenvalue weighted by Crippen LogP contribution is 2.21. The van der Waals surface area contributed by atoms with Crippen LogP contribution >= 0.6 is 0 Å². The van der Waals surface area contributed by atoms with Crippen molar-refractivity contribution in [2.24, 2.45) is 0 Å². The summed E-state index contributed by atoms with van der Waals surface area (Å²) in [7, 11) is -2.48. The molecule has 0 unspecified atom stereocenters. The number of amides is 2. The third-order valence-corrected chi connectivity index (χ3v) is 3.53. The fourth-order valence-corrected chi connectivity index (χ4v) is 2.16. The van der Waals surface area contributed by atoms with E-state index in [4.69, 9.17) is 4.55 Å². The van der Waals surface area contributed by atoms with Crippen LogP contribution in [0.2, 0.25) is 0 Å². The van der Waals surface area contributed by atoms with Crippen LogP contribution in [-0.2, 0) is 10.1 Å². The number of hydrogen-bond donors (Lipinski definition) is 1. The molecule has 1 aliphatic heterocycles. The lowest BCUT2D eigenvalue weighted by Crippen LogP contribution is -2.29. The first-order valence-corrected chi connectivity index (χ1v) is 6.44. The molecular weight excluding hydrogens is 244 g/mol. The van der Waals surface area contributed by atoms with Gasteiger partial charge in [-0.05, 0) is 24.3 Å². The van der Waals surface area contributed by atoms with Crippen molar-refractivity contribution >= 4 is 21.8 Å². The van der Waals surface area contributed by atoms with Gasteiger partial charge in [0.2, 0.25) is 0 Å². The van der Waals surface area contributed by atoms with E-state index in [2.05, 4.69) is 0 Å². The summed E-state index contributed by atoms with van der Waals surface area (Å²) in [6.45, 7) is 1.21.